The predicted molar refractivity (Wildman–Crippen MR) is 79.3 cm³/mol. The zero-order valence-electron chi connectivity index (χ0n) is 12.1. The van der Waals surface area contributed by atoms with Gasteiger partial charge in [0.1, 0.15) is 0 Å². The summed E-state index contributed by atoms with van der Waals surface area (Å²) >= 11 is 0. The van der Waals surface area contributed by atoms with Gasteiger partial charge in [0.2, 0.25) is 5.91 Å². The molecule has 0 heterocycles. The second-order valence-corrected chi connectivity index (χ2v) is 4.80. The van der Waals surface area contributed by atoms with Gasteiger partial charge in [0.15, 0.2) is 0 Å². The third kappa shape index (κ3) is 4.89. The van der Waals surface area contributed by atoms with E-state index >= 15 is 0 Å². The lowest BCUT2D eigenvalue weighted by atomic mass is 10.1. The van der Waals surface area contributed by atoms with E-state index in [0.29, 0.717) is 12.2 Å². The summed E-state index contributed by atoms with van der Waals surface area (Å²) in [7, 11) is 1.82. The van der Waals surface area contributed by atoms with Crippen LogP contribution in [-0.4, -0.2) is 25.5 Å². The molecule has 2 unspecified atom stereocenters. The third-order valence-corrected chi connectivity index (χ3v) is 2.99. The molecule has 20 heavy (non-hydrogen) atoms. The molecule has 1 rings (SSSR count). The molecule has 5 N–H and O–H groups in total. The molecule has 0 aliphatic carbocycles. The molecule has 0 radical (unpaired) electrons. The molecule has 110 valence electrons. The van der Waals surface area contributed by atoms with E-state index in [-0.39, 0.29) is 17.9 Å². The number of carbonyl (C=O) groups is 2. The van der Waals surface area contributed by atoms with Gasteiger partial charge in [0.05, 0.1) is 6.04 Å². The Bertz CT molecular complexity index is 459. The number of amides is 3. The average molecular weight is 278 g/mol. The van der Waals surface area contributed by atoms with Crippen LogP contribution in [0.2, 0.25) is 0 Å². The molecule has 6 nitrogen and oxygen atoms in total. The first-order chi connectivity index (χ1) is 9.43. The maximum absolute atomic E-state index is 11.9. The fourth-order valence-corrected chi connectivity index (χ4v) is 1.84. The van der Waals surface area contributed by atoms with Crippen LogP contribution in [0.3, 0.4) is 0 Å². The zero-order chi connectivity index (χ0) is 15.1. The largest absolute Gasteiger partial charge is 0.351 e. The lowest BCUT2D eigenvalue weighted by Gasteiger charge is -2.18. The Hall–Kier alpha value is -2.08. The number of urea groups is 1. The van der Waals surface area contributed by atoms with Crippen molar-refractivity contribution in [2.45, 2.75) is 19.9 Å². The molecule has 0 saturated carbocycles. The summed E-state index contributed by atoms with van der Waals surface area (Å²) in [6, 6.07) is 6.50. The van der Waals surface area contributed by atoms with Crippen molar-refractivity contribution in [3.63, 3.8) is 0 Å². The van der Waals surface area contributed by atoms with Crippen molar-refractivity contribution in [2.75, 3.05) is 18.9 Å². The summed E-state index contributed by atoms with van der Waals surface area (Å²) in [5, 5.41) is 8.41. The first-order valence-corrected chi connectivity index (χ1v) is 6.55. The summed E-state index contributed by atoms with van der Waals surface area (Å²) in [6.07, 6.45) is 0. The Labute approximate surface area is 119 Å². The van der Waals surface area contributed by atoms with Gasteiger partial charge < -0.3 is 21.7 Å². The molecule has 0 bridgehead atoms. The highest BCUT2D eigenvalue weighted by Gasteiger charge is 2.15. The normalized spacial score (nSPS) is 13.3. The van der Waals surface area contributed by atoms with E-state index in [1.807, 2.05) is 33.0 Å². The highest BCUT2D eigenvalue weighted by atomic mass is 16.2. The molecule has 0 aliphatic rings. The molecule has 0 fully saturated rings. The summed E-state index contributed by atoms with van der Waals surface area (Å²) in [6.45, 7) is 4.43. The maximum atomic E-state index is 11.9. The van der Waals surface area contributed by atoms with Gasteiger partial charge in [0, 0.05) is 18.2 Å². The van der Waals surface area contributed by atoms with E-state index in [0.717, 1.165) is 5.56 Å². The lowest BCUT2D eigenvalue weighted by Crippen LogP contribution is -2.35. The minimum atomic E-state index is -0.597. The van der Waals surface area contributed by atoms with E-state index in [4.69, 9.17) is 5.73 Å². The Morgan fingerprint density at radius 2 is 1.80 bits per heavy atom. The zero-order valence-corrected chi connectivity index (χ0v) is 12.1. The number of hydrogen-bond acceptors (Lipinski definition) is 3. The topological polar surface area (TPSA) is 96.2 Å². The summed E-state index contributed by atoms with van der Waals surface area (Å²) in [5.74, 6) is -0.0792. The van der Waals surface area contributed by atoms with Crippen LogP contribution in [0.25, 0.3) is 0 Å². The van der Waals surface area contributed by atoms with Gasteiger partial charge in [-0.05, 0) is 31.7 Å². The number of benzene rings is 1. The summed E-state index contributed by atoms with van der Waals surface area (Å²) in [5.41, 5.74) is 6.63. The molecule has 2 atom stereocenters. The summed E-state index contributed by atoms with van der Waals surface area (Å²) in [4.78, 5) is 22.6. The van der Waals surface area contributed by atoms with Gasteiger partial charge in [-0.2, -0.15) is 0 Å². The van der Waals surface area contributed by atoms with Gasteiger partial charge in [-0.15, -0.1) is 0 Å². The number of primary amides is 1. The number of carbonyl (C=O) groups excluding carboxylic acids is 2. The van der Waals surface area contributed by atoms with Crippen molar-refractivity contribution >= 4 is 17.6 Å². The standard InChI is InChI=1S/C14H22N4O2/c1-9(8-16-3)13(19)17-10(2)11-4-6-12(7-5-11)18-14(15)20/h4-7,9-10,16H,8H2,1-3H3,(H,17,19)(H3,15,18,20). The highest BCUT2D eigenvalue weighted by molar-refractivity contribution is 5.87. The molecule has 1 aromatic carbocycles. The minimum Gasteiger partial charge on any atom is -0.351 e. The van der Waals surface area contributed by atoms with Gasteiger partial charge in [-0.25, -0.2) is 4.79 Å². The number of anilines is 1. The van der Waals surface area contributed by atoms with Crippen molar-refractivity contribution in [2.24, 2.45) is 11.7 Å². The van der Waals surface area contributed by atoms with Crippen LogP contribution < -0.4 is 21.7 Å². The maximum Gasteiger partial charge on any atom is 0.316 e. The smallest absolute Gasteiger partial charge is 0.316 e. The molecule has 0 saturated heterocycles. The van der Waals surface area contributed by atoms with Crippen LogP contribution in [0, 0.1) is 5.92 Å². The molecular formula is C14H22N4O2. The van der Waals surface area contributed by atoms with Crippen LogP contribution in [0.4, 0.5) is 10.5 Å². The SMILES string of the molecule is CNCC(C)C(=O)NC(C)c1ccc(NC(N)=O)cc1. The Kier molecular flexibility index (Phi) is 5.99. The highest BCUT2D eigenvalue weighted by Crippen LogP contribution is 2.16. The Morgan fingerprint density at radius 1 is 1.20 bits per heavy atom. The van der Waals surface area contributed by atoms with Crippen molar-refractivity contribution in [3.05, 3.63) is 29.8 Å². The molecule has 0 spiro atoms. The number of hydrogen-bond donors (Lipinski definition) is 4. The van der Waals surface area contributed by atoms with Crippen LogP contribution in [0.5, 0.6) is 0 Å². The van der Waals surface area contributed by atoms with Crippen LogP contribution in [-0.2, 0) is 4.79 Å². The van der Waals surface area contributed by atoms with Crippen molar-refractivity contribution in [1.82, 2.24) is 10.6 Å². The molecule has 1 aromatic rings. The Morgan fingerprint density at radius 3 is 2.30 bits per heavy atom. The Balaban J connectivity index is 2.61. The lowest BCUT2D eigenvalue weighted by molar-refractivity contribution is -0.125. The van der Waals surface area contributed by atoms with Gasteiger partial charge in [0.25, 0.3) is 0 Å². The minimum absolute atomic E-state index is 0.00573. The fraction of sp³-hybridized carbons (Fsp3) is 0.429. The van der Waals surface area contributed by atoms with E-state index in [9.17, 15) is 9.59 Å². The van der Waals surface area contributed by atoms with Crippen LogP contribution in [0.15, 0.2) is 24.3 Å². The van der Waals surface area contributed by atoms with E-state index < -0.39 is 6.03 Å². The van der Waals surface area contributed by atoms with Gasteiger partial charge >= 0.3 is 6.03 Å². The number of nitrogens with one attached hydrogen (secondary N) is 3. The van der Waals surface area contributed by atoms with E-state index in [1.165, 1.54) is 0 Å². The second-order valence-electron chi connectivity index (χ2n) is 4.80. The van der Waals surface area contributed by atoms with Crippen molar-refractivity contribution in [1.29, 1.82) is 0 Å². The van der Waals surface area contributed by atoms with Crippen LogP contribution >= 0.6 is 0 Å². The molecule has 0 aliphatic heterocycles. The van der Waals surface area contributed by atoms with E-state index in [2.05, 4.69) is 16.0 Å². The second kappa shape index (κ2) is 7.49. The first-order valence-electron chi connectivity index (χ1n) is 6.55. The molecule has 0 aromatic heterocycles. The quantitative estimate of drug-likeness (QED) is 0.629. The van der Waals surface area contributed by atoms with Crippen LogP contribution in [0.1, 0.15) is 25.5 Å². The van der Waals surface area contributed by atoms with Crippen molar-refractivity contribution in [3.8, 4) is 0 Å². The molecular weight excluding hydrogens is 256 g/mol. The molecule has 6 heteroatoms. The number of rotatable bonds is 6. The monoisotopic (exact) mass is 278 g/mol. The predicted octanol–water partition coefficient (Wildman–Crippen LogP) is 1.21. The van der Waals surface area contributed by atoms with Crippen molar-refractivity contribution < 1.29 is 9.59 Å². The fourth-order valence-electron chi connectivity index (χ4n) is 1.84. The summed E-state index contributed by atoms with van der Waals surface area (Å²) < 4.78 is 0. The van der Waals surface area contributed by atoms with Gasteiger partial charge in [-0.1, -0.05) is 19.1 Å². The average Bonchev–Trinajstić information content (AvgIpc) is 2.39. The third-order valence-electron chi connectivity index (χ3n) is 2.99. The van der Waals surface area contributed by atoms with E-state index in [1.54, 1.807) is 12.1 Å². The van der Waals surface area contributed by atoms with Gasteiger partial charge in [-0.3, -0.25) is 4.79 Å². The first kappa shape index (κ1) is 16.0. The molecule has 3 amide bonds. The number of nitrogens with two attached hydrogens (primary N) is 1.